The molecule has 0 fully saturated rings. The zero-order valence-corrected chi connectivity index (χ0v) is 10.0. The number of nitrogens with zero attached hydrogens (tertiary/aromatic N) is 1. The first-order valence-corrected chi connectivity index (χ1v) is 5.55. The molecular weight excluding hydrogens is 218 g/mol. The Hall–Kier alpha value is -1.75. The van der Waals surface area contributed by atoms with Crippen LogP contribution in [0.3, 0.4) is 0 Å². The highest BCUT2D eigenvalue weighted by molar-refractivity contribution is 5.78. The van der Waals surface area contributed by atoms with Crippen LogP contribution in [0.15, 0.2) is 22.6 Å². The van der Waals surface area contributed by atoms with Crippen LogP contribution in [0.4, 0.5) is 11.7 Å². The first kappa shape index (κ1) is 11.7. The minimum absolute atomic E-state index is 0.118. The number of aliphatic hydroxyl groups excluding tert-OH is 1. The topological polar surface area (TPSA) is 84.3 Å². The summed E-state index contributed by atoms with van der Waals surface area (Å²) in [6.45, 7) is 4.08. The van der Waals surface area contributed by atoms with Crippen molar-refractivity contribution in [3.8, 4) is 0 Å². The number of fused-ring (bicyclic) bond motifs is 1. The fourth-order valence-corrected chi connectivity index (χ4v) is 1.63. The van der Waals surface area contributed by atoms with Crippen LogP contribution in [0.1, 0.15) is 20.3 Å². The number of hydrogen-bond acceptors (Lipinski definition) is 5. The summed E-state index contributed by atoms with van der Waals surface area (Å²) in [4.78, 5) is 4.30. The van der Waals surface area contributed by atoms with Crippen LogP contribution in [0.2, 0.25) is 0 Å². The van der Waals surface area contributed by atoms with Gasteiger partial charge in [-0.2, -0.15) is 4.98 Å². The second-order valence-corrected chi connectivity index (χ2v) is 4.73. The molecule has 0 aliphatic rings. The lowest BCUT2D eigenvalue weighted by Gasteiger charge is -2.23. The van der Waals surface area contributed by atoms with Gasteiger partial charge in [0.25, 0.3) is 6.01 Å². The van der Waals surface area contributed by atoms with Crippen molar-refractivity contribution in [2.24, 2.45) is 0 Å². The fourth-order valence-electron chi connectivity index (χ4n) is 1.63. The fraction of sp³-hybridized carbons (Fsp3) is 0.417. The molecule has 0 atom stereocenters. The lowest BCUT2D eigenvalue weighted by molar-refractivity contribution is 0.259. The van der Waals surface area contributed by atoms with Crippen LogP contribution in [0.25, 0.3) is 11.1 Å². The molecule has 0 radical (unpaired) electrons. The average Bonchev–Trinajstić information content (AvgIpc) is 2.57. The van der Waals surface area contributed by atoms with Gasteiger partial charge < -0.3 is 20.6 Å². The molecule has 1 heterocycles. The van der Waals surface area contributed by atoms with Gasteiger partial charge in [-0.25, -0.2) is 0 Å². The van der Waals surface area contributed by atoms with Gasteiger partial charge >= 0.3 is 0 Å². The smallest absolute Gasteiger partial charge is 0.296 e. The Kier molecular flexibility index (Phi) is 2.93. The summed E-state index contributed by atoms with van der Waals surface area (Å²) in [5.74, 6) is 0. The third-order valence-electron chi connectivity index (χ3n) is 2.59. The predicted molar refractivity (Wildman–Crippen MR) is 67.8 cm³/mol. The molecular formula is C12H17N3O2. The van der Waals surface area contributed by atoms with Crippen LogP contribution in [0, 0.1) is 0 Å². The molecule has 1 aromatic carbocycles. The summed E-state index contributed by atoms with van der Waals surface area (Å²) in [5, 5.41) is 12.1. The van der Waals surface area contributed by atoms with Crippen molar-refractivity contribution in [2.75, 3.05) is 17.7 Å². The highest BCUT2D eigenvalue weighted by Crippen LogP contribution is 2.24. The molecule has 5 nitrogen and oxygen atoms in total. The summed E-state index contributed by atoms with van der Waals surface area (Å²) in [6, 6.07) is 5.78. The van der Waals surface area contributed by atoms with Gasteiger partial charge in [-0.15, -0.1) is 0 Å². The van der Waals surface area contributed by atoms with Crippen molar-refractivity contribution in [3.05, 3.63) is 18.2 Å². The second kappa shape index (κ2) is 4.25. The number of nitrogens with one attached hydrogen (secondary N) is 1. The van der Waals surface area contributed by atoms with Gasteiger partial charge in [0.15, 0.2) is 5.58 Å². The van der Waals surface area contributed by atoms with Crippen molar-refractivity contribution >= 4 is 22.8 Å². The number of aliphatic hydroxyl groups is 1. The third kappa shape index (κ3) is 2.68. The van der Waals surface area contributed by atoms with Gasteiger partial charge in [0.05, 0.1) is 0 Å². The summed E-state index contributed by atoms with van der Waals surface area (Å²) in [5.41, 5.74) is 7.49. The van der Waals surface area contributed by atoms with Crippen LogP contribution in [-0.2, 0) is 0 Å². The van der Waals surface area contributed by atoms with E-state index in [1.165, 1.54) is 0 Å². The molecule has 0 amide bonds. The molecule has 17 heavy (non-hydrogen) atoms. The number of aromatic nitrogens is 1. The van der Waals surface area contributed by atoms with Gasteiger partial charge in [-0.05, 0) is 38.5 Å². The van der Waals surface area contributed by atoms with E-state index in [-0.39, 0.29) is 12.1 Å². The monoisotopic (exact) mass is 235 g/mol. The Morgan fingerprint density at radius 2 is 2.24 bits per heavy atom. The maximum atomic E-state index is 8.95. The van der Waals surface area contributed by atoms with Crippen molar-refractivity contribution in [1.29, 1.82) is 0 Å². The number of benzene rings is 1. The number of rotatable bonds is 4. The molecule has 2 aromatic rings. The number of nitrogen functional groups attached to an aromatic ring is 1. The molecule has 0 spiro atoms. The maximum Gasteiger partial charge on any atom is 0.296 e. The van der Waals surface area contributed by atoms with Crippen LogP contribution in [0.5, 0.6) is 0 Å². The van der Waals surface area contributed by atoms with Gasteiger partial charge in [0.1, 0.15) is 5.52 Å². The van der Waals surface area contributed by atoms with Crippen molar-refractivity contribution in [3.63, 3.8) is 0 Å². The van der Waals surface area contributed by atoms with Gasteiger partial charge in [-0.1, -0.05) is 0 Å². The van der Waals surface area contributed by atoms with E-state index in [4.69, 9.17) is 15.3 Å². The Morgan fingerprint density at radius 1 is 1.47 bits per heavy atom. The standard InChI is InChI=1S/C12H17N3O2/c1-12(2,5-6-16)15-11-14-9-7-8(13)3-4-10(9)17-11/h3-4,7,16H,5-6,13H2,1-2H3,(H,14,15). The highest BCUT2D eigenvalue weighted by Gasteiger charge is 2.19. The molecule has 2 rings (SSSR count). The van der Waals surface area contributed by atoms with E-state index >= 15 is 0 Å². The van der Waals surface area contributed by atoms with Crippen LogP contribution < -0.4 is 11.1 Å². The van der Waals surface area contributed by atoms with E-state index < -0.39 is 0 Å². The second-order valence-electron chi connectivity index (χ2n) is 4.73. The molecule has 1 aromatic heterocycles. The number of anilines is 2. The predicted octanol–water partition coefficient (Wildman–Crippen LogP) is 1.98. The summed E-state index contributed by atoms with van der Waals surface area (Å²) in [6.07, 6.45) is 0.619. The van der Waals surface area contributed by atoms with Gasteiger partial charge in [-0.3, -0.25) is 0 Å². The Morgan fingerprint density at radius 3 is 2.94 bits per heavy atom. The lowest BCUT2D eigenvalue weighted by Crippen LogP contribution is -2.31. The largest absolute Gasteiger partial charge is 0.424 e. The minimum Gasteiger partial charge on any atom is -0.424 e. The van der Waals surface area contributed by atoms with Crippen molar-refractivity contribution < 1.29 is 9.52 Å². The molecule has 0 aliphatic carbocycles. The quantitative estimate of drug-likeness (QED) is 0.706. The van der Waals surface area contributed by atoms with E-state index in [0.717, 1.165) is 5.52 Å². The maximum absolute atomic E-state index is 8.95. The van der Waals surface area contributed by atoms with E-state index in [1.807, 2.05) is 13.8 Å². The molecule has 4 N–H and O–H groups in total. The summed E-state index contributed by atoms with van der Waals surface area (Å²) >= 11 is 0. The van der Waals surface area contributed by atoms with E-state index in [9.17, 15) is 0 Å². The normalized spacial score (nSPS) is 11.9. The minimum atomic E-state index is -0.263. The summed E-state index contributed by atoms with van der Waals surface area (Å²) < 4.78 is 5.55. The zero-order valence-electron chi connectivity index (χ0n) is 10.0. The highest BCUT2D eigenvalue weighted by atomic mass is 16.4. The SMILES string of the molecule is CC(C)(CCO)Nc1nc2cc(N)ccc2o1. The van der Waals surface area contributed by atoms with Crippen molar-refractivity contribution in [2.45, 2.75) is 25.8 Å². The first-order chi connectivity index (χ1) is 8.00. The van der Waals surface area contributed by atoms with E-state index in [2.05, 4.69) is 10.3 Å². The number of nitrogens with two attached hydrogens (primary N) is 1. The molecule has 0 bridgehead atoms. The van der Waals surface area contributed by atoms with Crippen molar-refractivity contribution in [1.82, 2.24) is 4.98 Å². The third-order valence-corrected chi connectivity index (χ3v) is 2.59. The summed E-state index contributed by atoms with van der Waals surface area (Å²) in [7, 11) is 0. The molecule has 0 saturated heterocycles. The van der Waals surface area contributed by atoms with Crippen LogP contribution >= 0.6 is 0 Å². The Balaban J connectivity index is 2.25. The zero-order chi connectivity index (χ0) is 12.5. The lowest BCUT2D eigenvalue weighted by atomic mass is 10.0. The Labute approximate surface area is 99.6 Å². The van der Waals surface area contributed by atoms with E-state index in [1.54, 1.807) is 18.2 Å². The molecule has 0 saturated carbocycles. The Bertz CT molecular complexity index is 519. The molecule has 0 aliphatic heterocycles. The first-order valence-electron chi connectivity index (χ1n) is 5.55. The molecule has 0 unspecified atom stereocenters. The van der Waals surface area contributed by atoms with E-state index in [0.29, 0.717) is 23.7 Å². The number of oxazole rings is 1. The van der Waals surface area contributed by atoms with Crippen LogP contribution in [-0.4, -0.2) is 22.2 Å². The van der Waals surface area contributed by atoms with Gasteiger partial charge in [0.2, 0.25) is 0 Å². The van der Waals surface area contributed by atoms with Gasteiger partial charge in [0, 0.05) is 17.8 Å². The number of hydrogen-bond donors (Lipinski definition) is 3. The average molecular weight is 235 g/mol. The molecule has 5 heteroatoms. The molecule has 92 valence electrons.